The standard InChI is InChI=1S/C27H41N5OS2/c1-8-9-10-11-12-13-15-34-24-30-23(31-25(32-24)35-16-14-28)29-19-17-20(26(2,3)4)22(33)21(18-19)27(5,6)7/h17-18,33H,8-13,15-16H2,1-7H3,(H,29,30,31,32). The minimum atomic E-state index is -0.229. The van der Waals surface area contributed by atoms with Gasteiger partial charge in [-0.2, -0.15) is 20.2 Å². The number of phenols is 1. The third kappa shape index (κ3) is 9.53. The average Bonchev–Trinajstić information content (AvgIpc) is 2.76. The van der Waals surface area contributed by atoms with Gasteiger partial charge in [0.2, 0.25) is 5.95 Å². The Morgan fingerprint density at radius 3 is 1.94 bits per heavy atom. The molecule has 0 spiro atoms. The van der Waals surface area contributed by atoms with E-state index in [9.17, 15) is 5.11 Å². The maximum atomic E-state index is 11.0. The summed E-state index contributed by atoms with van der Waals surface area (Å²) in [5.41, 5.74) is 2.11. The quantitative estimate of drug-likeness (QED) is 0.167. The topological polar surface area (TPSA) is 94.7 Å². The highest BCUT2D eigenvalue weighted by atomic mass is 32.2. The molecular formula is C27H41N5OS2. The van der Waals surface area contributed by atoms with Crippen molar-refractivity contribution in [2.45, 2.75) is 108 Å². The number of anilines is 2. The highest BCUT2D eigenvalue weighted by molar-refractivity contribution is 7.99. The van der Waals surface area contributed by atoms with E-state index in [0.29, 0.717) is 22.0 Å². The van der Waals surface area contributed by atoms with Crippen molar-refractivity contribution < 1.29 is 5.11 Å². The molecule has 0 amide bonds. The highest BCUT2D eigenvalue weighted by Gasteiger charge is 2.26. The Kier molecular flexibility index (Phi) is 11.2. The van der Waals surface area contributed by atoms with Crippen LogP contribution >= 0.6 is 23.5 Å². The summed E-state index contributed by atoms with van der Waals surface area (Å²) in [6, 6.07) is 6.09. The van der Waals surface area contributed by atoms with Crippen LogP contribution in [0.2, 0.25) is 0 Å². The molecule has 0 aliphatic rings. The number of hydrogen-bond donors (Lipinski definition) is 2. The van der Waals surface area contributed by atoms with Gasteiger partial charge in [-0.1, -0.05) is 104 Å². The van der Waals surface area contributed by atoms with Gasteiger partial charge in [0, 0.05) is 22.6 Å². The van der Waals surface area contributed by atoms with E-state index in [0.717, 1.165) is 29.0 Å². The number of benzene rings is 1. The van der Waals surface area contributed by atoms with Gasteiger partial charge in [0.15, 0.2) is 10.3 Å². The Morgan fingerprint density at radius 2 is 1.40 bits per heavy atom. The number of hydrogen-bond acceptors (Lipinski definition) is 8. The van der Waals surface area contributed by atoms with Gasteiger partial charge in [-0.3, -0.25) is 0 Å². The van der Waals surface area contributed by atoms with E-state index in [4.69, 9.17) is 5.26 Å². The summed E-state index contributed by atoms with van der Waals surface area (Å²) in [5, 5.41) is 24.6. The van der Waals surface area contributed by atoms with Gasteiger partial charge in [-0.25, -0.2) is 0 Å². The lowest BCUT2D eigenvalue weighted by Gasteiger charge is -2.28. The van der Waals surface area contributed by atoms with Gasteiger partial charge < -0.3 is 10.4 Å². The van der Waals surface area contributed by atoms with Crippen LogP contribution < -0.4 is 5.32 Å². The predicted molar refractivity (Wildman–Crippen MR) is 149 cm³/mol. The lowest BCUT2D eigenvalue weighted by atomic mass is 9.79. The molecule has 0 fully saturated rings. The molecule has 1 aromatic heterocycles. The first kappa shape index (κ1) is 29.3. The van der Waals surface area contributed by atoms with E-state index in [1.807, 2.05) is 12.1 Å². The summed E-state index contributed by atoms with van der Waals surface area (Å²) in [6.45, 7) is 14.8. The summed E-state index contributed by atoms with van der Waals surface area (Å²) >= 11 is 2.95. The summed E-state index contributed by atoms with van der Waals surface area (Å²) in [7, 11) is 0. The lowest BCUT2D eigenvalue weighted by Crippen LogP contribution is -2.18. The number of unbranched alkanes of at least 4 members (excludes halogenated alkanes) is 5. The van der Waals surface area contributed by atoms with E-state index in [-0.39, 0.29) is 16.6 Å². The van der Waals surface area contributed by atoms with Gasteiger partial charge in [0.1, 0.15) is 5.75 Å². The van der Waals surface area contributed by atoms with Crippen LogP contribution in [0, 0.1) is 11.3 Å². The van der Waals surface area contributed by atoms with Crippen molar-refractivity contribution in [3.63, 3.8) is 0 Å². The van der Waals surface area contributed by atoms with E-state index in [2.05, 4.69) is 74.8 Å². The molecule has 0 aliphatic carbocycles. The largest absolute Gasteiger partial charge is 0.507 e. The summed E-state index contributed by atoms with van der Waals surface area (Å²) in [5.74, 6) is 2.04. The van der Waals surface area contributed by atoms with Crippen molar-refractivity contribution in [1.29, 1.82) is 5.26 Å². The minimum Gasteiger partial charge on any atom is -0.507 e. The Labute approximate surface area is 220 Å². The molecule has 0 aliphatic heterocycles. The zero-order valence-electron chi connectivity index (χ0n) is 22.4. The van der Waals surface area contributed by atoms with Crippen LogP contribution in [0.15, 0.2) is 22.4 Å². The van der Waals surface area contributed by atoms with Crippen LogP contribution in [0.4, 0.5) is 11.6 Å². The lowest BCUT2D eigenvalue weighted by molar-refractivity contribution is 0.423. The fourth-order valence-electron chi connectivity index (χ4n) is 3.64. The minimum absolute atomic E-state index is 0.229. The van der Waals surface area contributed by atoms with Crippen molar-refractivity contribution in [3.05, 3.63) is 23.3 Å². The highest BCUT2D eigenvalue weighted by Crippen LogP contribution is 2.41. The molecule has 8 heteroatoms. The number of aromatic hydroxyl groups is 1. The fraction of sp³-hybridized carbons (Fsp3) is 0.630. The monoisotopic (exact) mass is 515 g/mol. The summed E-state index contributed by atoms with van der Waals surface area (Å²) in [6.07, 6.45) is 7.49. The molecule has 0 saturated heterocycles. The van der Waals surface area contributed by atoms with Crippen LogP contribution in [-0.2, 0) is 10.8 Å². The normalized spacial score (nSPS) is 11.9. The third-order valence-corrected chi connectivity index (χ3v) is 7.22. The molecule has 2 rings (SSSR count). The van der Waals surface area contributed by atoms with Crippen molar-refractivity contribution in [1.82, 2.24) is 15.0 Å². The maximum Gasteiger partial charge on any atom is 0.232 e. The Morgan fingerprint density at radius 1 is 0.857 bits per heavy atom. The first-order valence-corrected chi connectivity index (χ1v) is 14.5. The average molecular weight is 516 g/mol. The number of aromatic nitrogens is 3. The van der Waals surface area contributed by atoms with Crippen LogP contribution in [0.5, 0.6) is 5.75 Å². The Hall–Kier alpha value is -1.98. The summed E-state index contributed by atoms with van der Waals surface area (Å²) < 4.78 is 0. The summed E-state index contributed by atoms with van der Waals surface area (Å²) in [4.78, 5) is 13.8. The second-order valence-corrected chi connectivity index (χ2v) is 12.8. The molecule has 2 aromatic rings. The van der Waals surface area contributed by atoms with Crippen LogP contribution in [0.1, 0.15) is 98.1 Å². The molecule has 1 heterocycles. The van der Waals surface area contributed by atoms with Crippen molar-refractivity contribution in [3.8, 4) is 11.8 Å². The molecule has 0 bridgehead atoms. The van der Waals surface area contributed by atoms with E-state index >= 15 is 0 Å². The Bertz CT molecular complexity index is 971. The number of thioether (sulfide) groups is 2. The van der Waals surface area contributed by atoms with Gasteiger partial charge in [0.05, 0.1) is 11.8 Å². The third-order valence-electron chi connectivity index (χ3n) is 5.57. The zero-order chi connectivity index (χ0) is 26.1. The SMILES string of the molecule is CCCCCCCCSc1nc(Nc2cc(C(C)(C)C)c(O)c(C(C)(C)C)c2)nc(SCC#N)n1. The first-order chi connectivity index (χ1) is 16.5. The van der Waals surface area contributed by atoms with Crippen molar-refractivity contribution in [2.24, 2.45) is 0 Å². The number of rotatable bonds is 12. The van der Waals surface area contributed by atoms with E-state index in [1.54, 1.807) is 11.8 Å². The number of nitrogens with zero attached hydrogens (tertiary/aromatic N) is 4. The van der Waals surface area contributed by atoms with Crippen LogP contribution in [0.25, 0.3) is 0 Å². The molecule has 1 aromatic carbocycles. The van der Waals surface area contributed by atoms with Gasteiger partial charge in [-0.15, -0.1) is 0 Å². The fourth-order valence-corrected chi connectivity index (χ4v) is 5.03. The second-order valence-electron chi connectivity index (χ2n) is 10.8. The molecule has 0 unspecified atom stereocenters. The second kappa shape index (κ2) is 13.4. The van der Waals surface area contributed by atoms with Crippen molar-refractivity contribution in [2.75, 3.05) is 16.8 Å². The molecule has 2 N–H and O–H groups in total. The number of nitrogens with one attached hydrogen (secondary N) is 1. The van der Waals surface area contributed by atoms with E-state index in [1.165, 1.54) is 43.9 Å². The van der Waals surface area contributed by atoms with Gasteiger partial charge >= 0.3 is 0 Å². The first-order valence-electron chi connectivity index (χ1n) is 12.5. The molecule has 192 valence electrons. The number of nitriles is 1. The predicted octanol–water partition coefficient (Wildman–Crippen LogP) is 7.98. The van der Waals surface area contributed by atoms with E-state index < -0.39 is 0 Å². The molecule has 6 nitrogen and oxygen atoms in total. The van der Waals surface area contributed by atoms with Crippen molar-refractivity contribution >= 4 is 35.2 Å². The molecular weight excluding hydrogens is 474 g/mol. The molecule has 0 saturated carbocycles. The maximum absolute atomic E-state index is 11.0. The van der Waals surface area contributed by atoms with Crippen LogP contribution in [-0.4, -0.2) is 31.6 Å². The Balaban J connectivity index is 2.29. The molecule has 0 atom stereocenters. The number of phenolic OH excluding ortho intramolecular Hbond substituents is 1. The van der Waals surface area contributed by atoms with Gasteiger partial charge in [0.25, 0.3) is 0 Å². The zero-order valence-corrected chi connectivity index (χ0v) is 24.0. The van der Waals surface area contributed by atoms with Gasteiger partial charge in [-0.05, 0) is 29.4 Å². The smallest absolute Gasteiger partial charge is 0.232 e. The molecule has 0 radical (unpaired) electrons. The molecule has 35 heavy (non-hydrogen) atoms. The van der Waals surface area contributed by atoms with Crippen LogP contribution in [0.3, 0.4) is 0 Å².